The molecule has 2 aromatic carbocycles. The Balaban J connectivity index is 1.47. The van der Waals surface area contributed by atoms with E-state index in [1.165, 1.54) is 0 Å². The van der Waals surface area contributed by atoms with Gasteiger partial charge in [0.2, 0.25) is 5.75 Å². The lowest BCUT2D eigenvalue weighted by molar-refractivity contribution is -0.167. The fourth-order valence-electron chi connectivity index (χ4n) is 4.99. The van der Waals surface area contributed by atoms with E-state index in [1.807, 2.05) is 13.1 Å². The molecule has 7 heteroatoms. The maximum Gasteiger partial charge on any atom is 0.204 e. The number of hydrogen-bond acceptors (Lipinski definition) is 7. The van der Waals surface area contributed by atoms with Gasteiger partial charge in [0, 0.05) is 5.56 Å². The van der Waals surface area contributed by atoms with Gasteiger partial charge in [-0.1, -0.05) is 36.8 Å². The molecular formula is C25H29NO6. The first-order valence-electron chi connectivity index (χ1n) is 11.3. The van der Waals surface area contributed by atoms with Crippen molar-refractivity contribution in [3.05, 3.63) is 53.6 Å². The SMILES string of the molecule is CN(CC1OCCO1)C1Oc2ccc(C(=O)c3ccccc3)c(O)c2OC12CCCCC2. The van der Waals surface area contributed by atoms with E-state index in [0.717, 1.165) is 32.1 Å². The smallest absolute Gasteiger partial charge is 0.204 e. The van der Waals surface area contributed by atoms with Crippen LogP contribution in [0.2, 0.25) is 0 Å². The van der Waals surface area contributed by atoms with Crippen molar-refractivity contribution < 1.29 is 28.8 Å². The molecule has 3 aliphatic rings. The molecule has 1 aliphatic carbocycles. The van der Waals surface area contributed by atoms with Crippen LogP contribution < -0.4 is 9.47 Å². The minimum atomic E-state index is -0.607. The lowest BCUT2D eigenvalue weighted by Gasteiger charge is -2.49. The lowest BCUT2D eigenvalue weighted by Crippen LogP contribution is -2.61. The number of nitrogens with zero attached hydrogens (tertiary/aromatic N) is 1. The number of carbonyl (C=O) groups is 1. The van der Waals surface area contributed by atoms with Crippen LogP contribution in [0.25, 0.3) is 0 Å². The third-order valence-electron chi connectivity index (χ3n) is 6.60. The van der Waals surface area contributed by atoms with E-state index in [1.54, 1.807) is 36.4 Å². The zero-order valence-corrected chi connectivity index (χ0v) is 18.3. The highest BCUT2D eigenvalue weighted by atomic mass is 16.7. The highest BCUT2D eigenvalue weighted by Gasteiger charge is 2.50. The Kier molecular flexibility index (Phi) is 5.80. The van der Waals surface area contributed by atoms with Gasteiger partial charge in [0.25, 0.3) is 0 Å². The Labute approximate surface area is 187 Å². The average molecular weight is 440 g/mol. The molecule has 7 nitrogen and oxygen atoms in total. The molecular weight excluding hydrogens is 410 g/mol. The largest absolute Gasteiger partial charge is 0.504 e. The first-order valence-corrected chi connectivity index (χ1v) is 11.3. The summed E-state index contributed by atoms with van der Waals surface area (Å²) in [5, 5.41) is 11.1. The number of ether oxygens (including phenoxy) is 4. The van der Waals surface area contributed by atoms with Gasteiger partial charge in [-0.15, -0.1) is 0 Å². The monoisotopic (exact) mass is 439 g/mol. The van der Waals surface area contributed by atoms with Crippen LogP contribution in [-0.4, -0.2) is 60.7 Å². The number of likely N-dealkylation sites (N-methyl/N-ethyl adjacent to an activating group) is 1. The number of phenolic OH excluding ortho intramolecular Hbond substituents is 1. The number of aromatic hydroxyl groups is 1. The van der Waals surface area contributed by atoms with Crippen molar-refractivity contribution in [3.63, 3.8) is 0 Å². The fourth-order valence-corrected chi connectivity index (χ4v) is 4.99. The summed E-state index contributed by atoms with van der Waals surface area (Å²) in [5.74, 6) is 0.284. The molecule has 1 N–H and O–H groups in total. The van der Waals surface area contributed by atoms with Gasteiger partial charge in [0.05, 0.1) is 25.3 Å². The minimum Gasteiger partial charge on any atom is -0.504 e. The Morgan fingerprint density at radius 1 is 1.06 bits per heavy atom. The number of fused-ring (bicyclic) bond motifs is 1. The normalized spacial score (nSPS) is 22.4. The molecule has 170 valence electrons. The predicted octanol–water partition coefficient (Wildman–Crippen LogP) is 3.73. The van der Waals surface area contributed by atoms with Crippen LogP contribution in [-0.2, 0) is 9.47 Å². The van der Waals surface area contributed by atoms with Crippen LogP contribution in [0.5, 0.6) is 17.2 Å². The van der Waals surface area contributed by atoms with Crippen molar-refractivity contribution in [3.8, 4) is 17.2 Å². The van der Waals surface area contributed by atoms with Crippen LogP contribution in [0, 0.1) is 0 Å². The summed E-state index contributed by atoms with van der Waals surface area (Å²) in [4.78, 5) is 15.1. The summed E-state index contributed by atoms with van der Waals surface area (Å²) >= 11 is 0. The predicted molar refractivity (Wildman–Crippen MR) is 117 cm³/mol. The second-order valence-corrected chi connectivity index (χ2v) is 8.79. The van der Waals surface area contributed by atoms with E-state index >= 15 is 0 Å². The van der Waals surface area contributed by atoms with Gasteiger partial charge in [-0.05, 0) is 44.9 Å². The summed E-state index contributed by atoms with van der Waals surface area (Å²) in [6.07, 6.45) is 4.16. The van der Waals surface area contributed by atoms with Gasteiger partial charge in [-0.25, -0.2) is 0 Å². The molecule has 1 saturated heterocycles. The van der Waals surface area contributed by atoms with Crippen LogP contribution in [0.3, 0.4) is 0 Å². The quantitative estimate of drug-likeness (QED) is 0.712. The van der Waals surface area contributed by atoms with Crippen molar-refractivity contribution in [2.24, 2.45) is 0 Å². The summed E-state index contributed by atoms with van der Waals surface area (Å²) in [5.41, 5.74) is 0.120. The molecule has 1 spiro atoms. The Morgan fingerprint density at radius 2 is 1.78 bits per heavy atom. The molecule has 0 radical (unpaired) electrons. The number of rotatable bonds is 5. The highest BCUT2D eigenvalue weighted by molar-refractivity contribution is 6.11. The fraction of sp³-hybridized carbons (Fsp3) is 0.480. The van der Waals surface area contributed by atoms with Gasteiger partial charge in [0.1, 0.15) is 0 Å². The Morgan fingerprint density at radius 3 is 2.50 bits per heavy atom. The zero-order chi connectivity index (χ0) is 22.1. The molecule has 1 saturated carbocycles. The van der Waals surface area contributed by atoms with Gasteiger partial charge in [-0.2, -0.15) is 0 Å². The molecule has 1 atom stereocenters. The van der Waals surface area contributed by atoms with Crippen molar-refractivity contribution in [1.82, 2.24) is 4.90 Å². The highest BCUT2D eigenvalue weighted by Crippen LogP contribution is 2.50. The molecule has 5 rings (SSSR count). The summed E-state index contributed by atoms with van der Waals surface area (Å²) in [6, 6.07) is 12.2. The number of hydrogen-bond donors (Lipinski definition) is 1. The molecule has 2 aromatic rings. The van der Waals surface area contributed by atoms with Crippen molar-refractivity contribution >= 4 is 5.78 Å². The summed E-state index contributed by atoms with van der Waals surface area (Å²) < 4.78 is 24.3. The zero-order valence-electron chi connectivity index (χ0n) is 18.3. The second kappa shape index (κ2) is 8.73. The van der Waals surface area contributed by atoms with Crippen molar-refractivity contribution in [1.29, 1.82) is 0 Å². The molecule has 2 heterocycles. The Bertz CT molecular complexity index is 966. The second-order valence-electron chi connectivity index (χ2n) is 8.79. The first kappa shape index (κ1) is 21.2. The average Bonchev–Trinajstić information content (AvgIpc) is 3.33. The molecule has 1 unspecified atom stereocenters. The molecule has 0 amide bonds. The van der Waals surface area contributed by atoms with Crippen LogP contribution in [0.1, 0.15) is 48.0 Å². The third kappa shape index (κ3) is 3.85. The van der Waals surface area contributed by atoms with E-state index in [9.17, 15) is 9.90 Å². The van der Waals surface area contributed by atoms with E-state index in [0.29, 0.717) is 31.1 Å². The van der Waals surface area contributed by atoms with Crippen LogP contribution in [0.4, 0.5) is 0 Å². The standard InChI is InChI=1S/C25H29NO6/c1-26(16-20-29-14-15-30-20)24-25(12-6-3-7-13-25)32-23-19(31-24)11-10-18(22(23)28)21(27)17-8-4-2-5-9-17/h2,4-5,8-11,20,24,28H,3,6-7,12-16H2,1H3. The van der Waals surface area contributed by atoms with Crippen molar-refractivity contribution in [2.75, 3.05) is 26.8 Å². The van der Waals surface area contributed by atoms with Crippen LogP contribution >= 0.6 is 0 Å². The number of carbonyl (C=O) groups excluding carboxylic acids is 1. The number of ketones is 1. The third-order valence-corrected chi connectivity index (χ3v) is 6.60. The summed E-state index contributed by atoms with van der Waals surface area (Å²) in [6.45, 7) is 1.75. The maximum absolute atomic E-state index is 13.0. The topological polar surface area (TPSA) is 77.5 Å². The first-order chi connectivity index (χ1) is 15.6. The number of benzene rings is 2. The van der Waals surface area contributed by atoms with E-state index in [2.05, 4.69) is 4.90 Å². The molecule has 32 heavy (non-hydrogen) atoms. The summed E-state index contributed by atoms with van der Waals surface area (Å²) in [7, 11) is 1.98. The van der Waals surface area contributed by atoms with Crippen molar-refractivity contribution in [2.45, 2.75) is 50.2 Å². The minimum absolute atomic E-state index is 0.162. The van der Waals surface area contributed by atoms with Crippen LogP contribution in [0.15, 0.2) is 42.5 Å². The molecule has 2 aliphatic heterocycles. The van der Waals surface area contributed by atoms with E-state index < -0.39 is 5.60 Å². The number of phenols is 1. The Hall–Kier alpha value is -2.61. The van der Waals surface area contributed by atoms with Gasteiger partial charge >= 0.3 is 0 Å². The molecule has 0 bridgehead atoms. The van der Waals surface area contributed by atoms with Gasteiger partial charge < -0.3 is 24.1 Å². The molecule has 2 fully saturated rings. The van der Waals surface area contributed by atoms with Gasteiger partial charge in [-0.3, -0.25) is 9.69 Å². The lowest BCUT2D eigenvalue weighted by atomic mass is 9.81. The van der Waals surface area contributed by atoms with E-state index in [-0.39, 0.29) is 35.4 Å². The van der Waals surface area contributed by atoms with Gasteiger partial charge in [0.15, 0.2) is 35.4 Å². The maximum atomic E-state index is 13.0. The molecule has 0 aromatic heterocycles. The van der Waals surface area contributed by atoms with E-state index in [4.69, 9.17) is 18.9 Å².